The number of amides is 1. The number of nitrogens with two attached hydrogens (primary N) is 2. The molecule has 18 heavy (non-hydrogen) atoms. The van der Waals surface area contributed by atoms with Gasteiger partial charge in [0.15, 0.2) is 0 Å². The van der Waals surface area contributed by atoms with Gasteiger partial charge in [0, 0.05) is 16.7 Å². The van der Waals surface area contributed by atoms with Gasteiger partial charge in [-0.25, -0.2) is 13.6 Å². The van der Waals surface area contributed by atoms with E-state index < -0.39 is 10.0 Å². The number of benzene rings is 1. The number of anilines is 1. The van der Waals surface area contributed by atoms with Crippen LogP contribution >= 0.6 is 15.9 Å². The van der Waals surface area contributed by atoms with E-state index in [0.29, 0.717) is 11.3 Å². The van der Waals surface area contributed by atoms with Crippen LogP contribution in [0.2, 0.25) is 0 Å². The van der Waals surface area contributed by atoms with Crippen molar-refractivity contribution in [3.8, 4) is 0 Å². The van der Waals surface area contributed by atoms with Gasteiger partial charge in [-0.15, -0.1) is 0 Å². The Labute approximate surface area is 114 Å². The van der Waals surface area contributed by atoms with Crippen LogP contribution in [-0.2, 0) is 10.0 Å². The highest BCUT2D eigenvalue weighted by Gasteiger charge is 2.09. The zero-order valence-electron chi connectivity index (χ0n) is 9.52. The van der Waals surface area contributed by atoms with Crippen molar-refractivity contribution in [3.05, 3.63) is 28.2 Å². The Hall–Kier alpha value is -1.12. The lowest BCUT2D eigenvalue weighted by Crippen LogP contribution is -2.27. The summed E-state index contributed by atoms with van der Waals surface area (Å²) in [5.74, 6) is -0.502. The predicted molar refractivity (Wildman–Crippen MR) is 73.5 cm³/mol. The lowest BCUT2D eigenvalue weighted by molar-refractivity contribution is 0.0954. The summed E-state index contributed by atoms with van der Waals surface area (Å²) in [5.41, 5.74) is 6.40. The molecule has 0 atom stereocenters. The van der Waals surface area contributed by atoms with E-state index in [0.717, 1.165) is 4.47 Å². The highest BCUT2D eigenvalue weighted by molar-refractivity contribution is 9.10. The van der Waals surface area contributed by atoms with E-state index >= 15 is 0 Å². The van der Waals surface area contributed by atoms with E-state index in [2.05, 4.69) is 21.2 Å². The lowest BCUT2D eigenvalue weighted by Gasteiger charge is -2.07. The number of primary sulfonamides is 1. The molecule has 0 bridgehead atoms. The molecule has 5 N–H and O–H groups in total. The Morgan fingerprint density at radius 2 is 2.06 bits per heavy atom. The number of hydrogen-bond acceptors (Lipinski definition) is 4. The van der Waals surface area contributed by atoms with Crippen molar-refractivity contribution in [2.75, 3.05) is 18.0 Å². The van der Waals surface area contributed by atoms with Gasteiger partial charge in [0.1, 0.15) is 0 Å². The van der Waals surface area contributed by atoms with Crippen molar-refractivity contribution in [1.29, 1.82) is 0 Å². The number of carbonyl (C=O) groups excluding carboxylic acids is 1. The largest absolute Gasteiger partial charge is 0.398 e. The number of nitrogens with one attached hydrogen (secondary N) is 1. The number of hydrogen-bond donors (Lipinski definition) is 3. The molecule has 1 aromatic carbocycles. The van der Waals surface area contributed by atoms with Crippen molar-refractivity contribution in [3.63, 3.8) is 0 Å². The van der Waals surface area contributed by atoms with Gasteiger partial charge < -0.3 is 11.1 Å². The van der Waals surface area contributed by atoms with Crippen LogP contribution in [0.5, 0.6) is 0 Å². The van der Waals surface area contributed by atoms with E-state index in [1.54, 1.807) is 18.2 Å². The summed E-state index contributed by atoms with van der Waals surface area (Å²) in [4.78, 5) is 11.7. The maximum Gasteiger partial charge on any atom is 0.253 e. The maximum absolute atomic E-state index is 11.7. The van der Waals surface area contributed by atoms with Crippen LogP contribution in [0, 0.1) is 0 Å². The molecule has 1 amide bonds. The minimum absolute atomic E-state index is 0.164. The second-order valence-electron chi connectivity index (χ2n) is 3.71. The minimum Gasteiger partial charge on any atom is -0.398 e. The van der Waals surface area contributed by atoms with E-state index in [9.17, 15) is 13.2 Å². The Morgan fingerprint density at radius 1 is 1.39 bits per heavy atom. The second kappa shape index (κ2) is 6.17. The van der Waals surface area contributed by atoms with Gasteiger partial charge in [0.25, 0.3) is 5.91 Å². The molecule has 0 spiro atoms. The molecule has 0 aliphatic rings. The van der Waals surface area contributed by atoms with E-state index in [1.807, 2.05) is 0 Å². The molecule has 0 saturated heterocycles. The zero-order valence-corrected chi connectivity index (χ0v) is 11.9. The molecule has 1 rings (SSSR count). The topological polar surface area (TPSA) is 115 Å². The lowest BCUT2D eigenvalue weighted by atomic mass is 10.1. The Morgan fingerprint density at radius 3 is 2.61 bits per heavy atom. The quantitative estimate of drug-likeness (QED) is 0.534. The van der Waals surface area contributed by atoms with Crippen molar-refractivity contribution >= 4 is 37.5 Å². The van der Waals surface area contributed by atoms with Gasteiger partial charge in [-0.05, 0) is 24.6 Å². The molecule has 0 aliphatic carbocycles. The van der Waals surface area contributed by atoms with Crippen molar-refractivity contribution in [2.45, 2.75) is 6.42 Å². The third-order valence-electron chi connectivity index (χ3n) is 2.15. The minimum atomic E-state index is -3.48. The molecule has 0 aromatic heterocycles. The molecule has 100 valence electrons. The summed E-state index contributed by atoms with van der Waals surface area (Å²) >= 11 is 3.24. The Bertz CT molecular complexity index is 545. The first kappa shape index (κ1) is 14.9. The average molecular weight is 336 g/mol. The molecule has 1 aromatic rings. The van der Waals surface area contributed by atoms with Crippen LogP contribution in [0.15, 0.2) is 22.7 Å². The monoisotopic (exact) mass is 335 g/mol. The smallest absolute Gasteiger partial charge is 0.253 e. The van der Waals surface area contributed by atoms with Crippen LogP contribution in [0.3, 0.4) is 0 Å². The first-order valence-corrected chi connectivity index (χ1v) is 7.64. The fraction of sp³-hybridized carbons (Fsp3) is 0.300. The van der Waals surface area contributed by atoms with Gasteiger partial charge in [-0.3, -0.25) is 4.79 Å². The van der Waals surface area contributed by atoms with Crippen LogP contribution in [0.25, 0.3) is 0 Å². The Balaban J connectivity index is 2.51. The van der Waals surface area contributed by atoms with Crippen LogP contribution in [0.1, 0.15) is 16.8 Å². The second-order valence-corrected chi connectivity index (χ2v) is 6.36. The molecular weight excluding hydrogens is 322 g/mol. The number of nitrogen functional groups attached to an aromatic ring is 1. The fourth-order valence-corrected chi connectivity index (χ4v) is 2.24. The first-order chi connectivity index (χ1) is 8.29. The number of halogens is 1. The molecule has 0 radical (unpaired) electrons. The average Bonchev–Trinajstić information content (AvgIpc) is 2.22. The standard InChI is InChI=1S/C10H14BrN3O3S/c11-7-2-3-8(9(12)6-7)10(15)14-4-1-5-18(13,16)17/h2-3,6H,1,4-5,12H2,(H,14,15)(H2,13,16,17). The van der Waals surface area contributed by atoms with Crippen molar-refractivity contribution in [2.24, 2.45) is 5.14 Å². The van der Waals surface area contributed by atoms with Crippen LogP contribution < -0.4 is 16.2 Å². The molecule has 8 heteroatoms. The zero-order chi connectivity index (χ0) is 13.8. The van der Waals surface area contributed by atoms with Gasteiger partial charge >= 0.3 is 0 Å². The summed E-state index contributed by atoms with van der Waals surface area (Å²) in [5, 5.41) is 7.42. The SMILES string of the molecule is Nc1cc(Br)ccc1C(=O)NCCCS(N)(=O)=O. The van der Waals surface area contributed by atoms with Gasteiger partial charge in [0.2, 0.25) is 10.0 Å². The molecule has 0 aliphatic heterocycles. The highest BCUT2D eigenvalue weighted by Crippen LogP contribution is 2.18. The van der Waals surface area contributed by atoms with E-state index in [4.69, 9.17) is 10.9 Å². The van der Waals surface area contributed by atoms with Crippen molar-refractivity contribution in [1.82, 2.24) is 5.32 Å². The molecule has 0 heterocycles. The normalized spacial score (nSPS) is 11.2. The molecule has 6 nitrogen and oxygen atoms in total. The molecule has 0 saturated carbocycles. The first-order valence-electron chi connectivity index (χ1n) is 5.13. The third-order valence-corrected chi connectivity index (χ3v) is 3.50. The fourth-order valence-electron chi connectivity index (χ4n) is 1.31. The number of sulfonamides is 1. The van der Waals surface area contributed by atoms with Gasteiger partial charge in [0.05, 0.1) is 11.3 Å². The van der Waals surface area contributed by atoms with Crippen LogP contribution in [0.4, 0.5) is 5.69 Å². The van der Waals surface area contributed by atoms with Gasteiger partial charge in [-0.2, -0.15) is 0 Å². The number of carbonyl (C=O) groups is 1. The summed E-state index contributed by atoms with van der Waals surface area (Å²) in [6, 6.07) is 4.92. The Kier molecular flexibility index (Phi) is 5.12. The van der Waals surface area contributed by atoms with Crippen LogP contribution in [-0.4, -0.2) is 26.6 Å². The van der Waals surface area contributed by atoms with E-state index in [1.165, 1.54) is 0 Å². The third kappa shape index (κ3) is 5.03. The van der Waals surface area contributed by atoms with Gasteiger partial charge in [-0.1, -0.05) is 15.9 Å². The summed E-state index contributed by atoms with van der Waals surface area (Å²) in [6.45, 7) is 0.227. The van der Waals surface area contributed by atoms with Crippen molar-refractivity contribution < 1.29 is 13.2 Å². The molecule has 0 unspecified atom stereocenters. The predicted octanol–water partition coefficient (Wildman–Crippen LogP) is 0.440. The summed E-state index contributed by atoms with van der Waals surface area (Å²) in [7, 11) is -3.48. The summed E-state index contributed by atoms with van der Waals surface area (Å²) in [6.07, 6.45) is 0.265. The summed E-state index contributed by atoms with van der Waals surface area (Å²) < 4.78 is 22.1. The maximum atomic E-state index is 11.7. The van der Waals surface area contributed by atoms with E-state index in [-0.39, 0.29) is 24.6 Å². The molecular formula is C10H14BrN3O3S. The number of rotatable bonds is 5. The highest BCUT2D eigenvalue weighted by atomic mass is 79.9. The molecule has 0 fully saturated rings.